The fourth-order valence-corrected chi connectivity index (χ4v) is 7.38. The van der Waals surface area contributed by atoms with Gasteiger partial charge in [0.1, 0.15) is 4.90 Å². The van der Waals surface area contributed by atoms with Crippen LogP contribution in [-0.2, 0) is 16.4 Å². The summed E-state index contributed by atoms with van der Waals surface area (Å²) in [6.45, 7) is 1.97. The van der Waals surface area contributed by atoms with Crippen LogP contribution >= 0.6 is 23.2 Å². The highest BCUT2D eigenvalue weighted by Crippen LogP contribution is 2.37. The zero-order valence-electron chi connectivity index (χ0n) is 18.5. The molecule has 2 aliphatic heterocycles. The van der Waals surface area contributed by atoms with Gasteiger partial charge in [0.15, 0.2) is 0 Å². The third-order valence-corrected chi connectivity index (χ3v) is 9.10. The van der Waals surface area contributed by atoms with E-state index in [0.29, 0.717) is 12.3 Å². The number of sulfonamides is 1. The van der Waals surface area contributed by atoms with Gasteiger partial charge in [-0.05, 0) is 76.2 Å². The Morgan fingerprint density at radius 3 is 2.34 bits per heavy atom. The molecule has 32 heavy (non-hydrogen) atoms. The number of halogens is 4. The van der Waals surface area contributed by atoms with Crippen LogP contribution in [0.4, 0.5) is 8.78 Å². The number of benzene rings is 1. The highest BCUT2D eigenvalue weighted by Gasteiger charge is 2.46. The molecule has 11 heteroatoms. The summed E-state index contributed by atoms with van der Waals surface area (Å²) in [6, 6.07) is 1.36. The molecule has 0 spiro atoms. The first-order valence-electron chi connectivity index (χ1n) is 10.8. The first kappa shape index (κ1) is 25.6. The maximum atomic E-state index is 14.1. The molecule has 6 nitrogen and oxygen atoms in total. The lowest BCUT2D eigenvalue weighted by molar-refractivity contribution is 0.0106. The fraction of sp³-hybridized carbons (Fsp3) is 0.667. The van der Waals surface area contributed by atoms with E-state index in [9.17, 15) is 17.2 Å². The van der Waals surface area contributed by atoms with Gasteiger partial charge in [-0.1, -0.05) is 29.6 Å². The van der Waals surface area contributed by atoms with Crippen molar-refractivity contribution in [3.8, 4) is 0 Å². The van der Waals surface area contributed by atoms with Gasteiger partial charge in [-0.2, -0.15) is 13.9 Å². The van der Waals surface area contributed by atoms with Gasteiger partial charge < -0.3 is 5.32 Å². The number of hydrogen-bond donors (Lipinski definition) is 1. The van der Waals surface area contributed by atoms with Crippen molar-refractivity contribution >= 4 is 38.9 Å². The molecule has 1 fully saturated rings. The number of piperidine rings is 1. The molecular weight excluding hydrogens is 481 g/mol. The number of nitrogens with one attached hydrogen (secondary N) is 1. The summed E-state index contributed by atoms with van der Waals surface area (Å²) in [5.41, 5.74) is 1.08. The number of rotatable bonds is 8. The molecule has 2 heterocycles. The van der Waals surface area contributed by atoms with Crippen molar-refractivity contribution in [2.45, 2.75) is 69.5 Å². The summed E-state index contributed by atoms with van der Waals surface area (Å²) in [5.74, 6) is 0.679. The molecule has 1 saturated heterocycles. The maximum Gasteiger partial charge on any atom is 0.308 e. The van der Waals surface area contributed by atoms with Crippen LogP contribution < -0.4 is 5.32 Å². The number of aryl methyl sites for hydroxylation is 1. The number of alkyl halides is 2. The average molecular weight is 511 g/mol. The van der Waals surface area contributed by atoms with E-state index in [2.05, 4.69) is 10.4 Å². The van der Waals surface area contributed by atoms with Gasteiger partial charge in [0.2, 0.25) is 0 Å². The normalized spacial score (nSPS) is 22.8. The molecule has 2 atom stereocenters. The molecule has 0 amide bonds. The van der Waals surface area contributed by atoms with Gasteiger partial charge in [0.05, 0.1) is 27.8 Å². The Labute approximate surface area is 199 Å². The van der Waals surface area contributed by atoms with Crippen molar-refractivity contribution in [2.75, 3.05) is 20.1 Å². The van der Waals surface area contributed by atoms with E-state index in [1.165, 1.54) is 24.1 Å². The second kappa shape index (κ2) is 10.5. The smallest absolute Gasteiger partial charge is 0.308 e. The first-order valence-corrected chi connectivity index (χ1v) is 13.0. The van der Waals surface area contributed by atoms with Crippen LogP contribution in [0.3, 0.4) is 0 Å². The second-order valence-corrected chi connectivity index (χ2v) is 11.2. The van der Waals surface area contributed by atoms with Crippen molar-refractivity contribution in [3.05, 3.63) is 27.7 Å². The van der Waals surface area contributed by atoms with Crippen LogP contribution in [0.25, 0.3) is 0 Å². The van der Waals surface area contributed by atoms with Crippen LogP contribution in [0.5, 0.6) is 0 Å². The molecule has 0 aliphatic carbocycles. The van der Waals surface area contributed by atoms with Gasteiger partial charge >= 0.3 is 6.55 Å². The molecule has 0 aromatic heterocycles. The van der Waals surface area contributed by atoms with Crippen molar-refractivity contribution in [1.82, 2.24) is 14.6 Å². The first-order chi connectivity index (χ1) is 15.0. The third-order valence-electron chi connectivity index (χ3n) is 6.39. The molecule has 3 rings (SSSR count). The van der Waals surface area contributed by atoms with Gasteiger partial charge in [-0.15, -0.1) is 4.31 Å². The number of hydrogen-bond acceptors (Lipinski definition) is 5. The SMILES string of the molecule is CC1=NN(C)C(C)C1N(C(F)F)S(=O)(=O)c1c(Cl)cc(CCCC2CCNCC2)cc1Cl. The molecule has 180 valence electrons. The lowest BCUT2D eigenvalue weighted by atomic mass is 9.92. The molecule has 0 radical (unpaired) electrons. The summed E-state index contributed by atoms with van der Waals surface area (Å²) in [4.78, 5) is -0.488. The largest absolute Gasteiger partial charge is 0.317 e. The minimum absolute atomic E-state index is 0.145. The zero-order valence-corrected chi connectivity index (χ0v) is 20.8. The second-order valence-electron chi connectivity index (χ2n) is 8.59. The predicted molar refractivity (Wildman–Crippen MR) is 124 cm³/mol. The Bertz CT molecular complexity index is 932. The van der Waals surface area contributed by atoms with Crippen molar-refractivity contribution in [3.63, 3.8) is 0 Å². The Morgan fingerprint density at radius 1 is 1.25 bits per heavy atom. The summed E-state index contributed by atoms with van der Waals surface area (Å²) in [7, 11) is -3.07. The standard InChI is InChI=1S/C21H30Cl2F2N4O2S/c1-13-19(14(2)28(3)27-13)29(21(24)25)32(30,31)20-17(22)11-16(12-18(20)23)6-4-5-15-7-9-26-10-8-15/h11-12,14-15,19,21,26H,4-10H2,1-3H3. The molecule has 1 aromatic carbocycles. The Kier molecular flexibility index (Phi) is 8.41. The van der Waals surface area contributed by atoms with Crippen molar-refractivity contribution in [2.24, 2.45) is 11.0 Å². The Morgan fingerprint density at radius 2 is 1.84 bits per heavy atom. The average Bonchev–Trinajstić information content (AvgIpc) is 2.94. The highest BCUT2D eigenvalue weighted by molar-refractivity contribution is 7.89. The number of likely N-dealkylation sites (N-methyl/N-ethyl adjacent to an activating group) is 1. The van der Waals surface area contributed by atoms with E-state index < -0.39 is 33.6 Å². The van der Waals surface area contributed by atoms with Crippen LogP contribution in [0.2, 0.25) is 10.0 Å². The number of hydrazone groups is 1. The summed E-state index contributed by atoms with van der Waals surface area (Å²) in [5, 5.41) is 8.66. The Balaban J connectivity index is 1.83. The summed E-state index contributed by atoms with van der Waals surface area (Å²) in [6.07, 6.45) is 4.99. The van der Waals surface area contributed by atoms with Crippen molar-refractivity contribution in [1.29, 1.82) is 0 Å². The third kappa shape index (κ3) is 5.38. The topological polar surface area (TPSA) is 65.0 Å². The molecule has 1 N–H and O–H groups in total. The quantitative estimate of drug-likeness (QED) is 0.518. The summed E-state index contributed by atoms with van der Waals surface area (Å²) >= 11 is 12.6. The molecule has 0 saturated carbocycles. The van der Waals surface area contributed by atoms with Crippen LogP contribution in [0, 0.1) is 5.92 Å². The lowest BCUT2D eigenvalue weighted by Gasteiger charge is -2.31. The minimum atomic E-state index is -4.68. The van der Waals surface area contributed by atoms with E-state index in [0.717, 1.165) is 44.3 Å². The fourth-order valence-electron chi connectivity index (χ4n) is 4.60. The molecule has 2 unspecified atom stereocenters. The monoisotopic (exact) mass is 510 g/mol. The minimum Gasteiger partial charge on any atom is -0.317 e. The molecule has 1 aromatic rings. The Hall–Kier alpha value is -1.00. The lowest BCUT2D eigenvalue weighted by Crippen LogP contribution is -2.52. The van der Waals surface area contributed by atoms with Gasteiger partial charge in [-0.25, -0.2) is 8.42 Å². The van der Waals surface area contributed by atoms with Gasteiger partial charge in [0, 0.05) is 7.05 Å². The van der Waals surface area contributed by atoms with Crippen LogP contribution in [0.1, 0.15) is 45.1 Å². The number of nitrogens with zero attached hydrogens (tertiary/aromatic N) is 3. The van der Waals surface area contributed by atoms with E-state index >= 15 is 0 Å². The maximum absolute atomic E-state index is 14.1. The highest BCUT2D eigenvalue weighted by atomic mass is 35.5. The summed E-state index contributed by atoms with van der Waals surface area (Å²) < 4.78 is 55.0. The van der Waals surface area contributed by atoms with E-state index in [1.54, 1.807) is 14.0 Å². The van der Waals surface area contributed by atoms with E-state index in [4.69, 9.17) is 23.2 Å². The molecule has 2 aliphatic rings. The molecule has 0 bridgehead atoms. The zero-order chi connectivity index (χ0) is 23.6. The van der Waals surface area contributed by atoms with Gasteiger partial charge in [-0.3, -0.25) is 5.01 Å². The van der Waals surface area contributed by atoms with E-state index in [1.807, 2.05) is 0 Å². The van der Waals surface area contributed by atoms with Crippen LogP contribution in [0.15, 0.2) is 22.1 Å². The van der Waals surface area contributed by atoms with E-state index in [-0.39, 0.29) is 20.1 Å². The predicted octanol–water partition coefficient (Wildman–Crippen LogP) is 4.61. The molecular formula is C21H30Cl2F2N4O2S. The van der Waals surface area contributed by atoms with Crippen LogP contribution in [-0.4, -0.2) is 62.2 Å². The van der Waals surface area contributed by atoms with Crippen molar-refractivity contribution < 1.29 is 17.2 Å². The van der Waals surface area contributed by atoms with Gasteiger partial charge in [0.25, 0.3) is 10.0 Å².